The maximum absolute atomic E-state index is 6.49. The number of rotatable bonds is 3. The van der Waals surface area contributed by atoms with Crippen LogP contribution >= 0.6 is 0 Å². The van der Waals surface area contributed by atoms with E-state index in [1.807, 2.05) is 6.07 Å². The first-order valence-electron chi connectivity index (χ1n) is 7.31. The molecule has 2 N–H and O–H groups in total. The van der Waals surface area contributed by atoms with Crippen LogP contribution in [0.3, 0.4) is 0 Å². The van der Waals surface area contributed by atoms with E-state index in [-0.39, 0.29) is 6.04 Å². The van der Waals surface area contributed by atoms with Gasteiger partial charge in [0.25, 0.3) is 0 Å². The molecule has 0 fully saturated rings. The zero-order valence-electron chi connectivity index (χ0n) is 12.1. The standard InChI is InChI=1S/C17H25NO/c1-13-10-11-16(19-2)15(12-13)17(18)14-8-6-4-3-5-7-9-14/h8,10-12,17H,3-7,9,18H2,1-2H3/b14-8+. The van der Waals surface area contributed by atoms with E-state index in [9.17, 15) is 0 Å². The number of benzene rings is 1. The Kier molecular flexibility index (Phi) is 5.03. The van der Waals surface area contributed by atoms with Gasteiger partial charge in [-0.05, 0) is 38.7 Å². The summed E-state index contributed by atoms with van der Waals surface area (Å²) in [6.45, 7) is 2.10. The first-order valence-corrected chi connectivity index (χ1v) is 7.31. The first-order chi connectivity index (χ1) is 9.22. The van der Waals surface area contributed by atoms with E-state index in [0.717, 1.165) is 24.2 Å². The molecule has 0 heterocycles. The van der Waals surface area contributed by atoms with Crippen molar-refractivity contribution in [3.63, 3.8) is 0 Å². The van der Waals surface area contributed by atoms with Crippen LogP contribution in [-0.2, 0) is 0 Å². The summed E-state index contributed by atoms with van der Waals surface area (Å²) in [6.07, 6.45) is 9.87. The SMILES string of the molecule is COc1ccc(C)cc1C(N)/C1=C/CCCCCC1. The fourth-order valence-electron chi connectivity index (χ4n) is 2.80. The molecule has 1 unspecified atom stereocenters. The summed E-state index contributed by atoms with van der Waals surface area (Å²) >= 11 is 0. The molecule has 0 saturated carbocycles. The van der Waals surface area contributed by atoms with Crippen LogP contribution in [0.1, 0.15) is 55.7 Å². The Hall–Kier alpha value is -1.28. The van der Waals surface area contributed by atoms with Crippen molar-refractivity contribution >= 4 is 0 Å². The van der Waals surface area contributed by atoms with Crippen molar-refractivity contribution < 1.29 is 4.74 Å². The van der Waals surface area contributed by atoms with Crippen molar-refractivity contribution in [1.82, 2.24) is 0 Å². The Bertz CT molecular complexity index is 451. The summed E-state index contributed by atoms with van der Waals surface area (Å²) in [5.41, 5.74) is 10.2. The second kappa shape index (κ2) is 6.76. The van der Waals surface area contributed by atoms with Crippen LogP contribution < -0.4 is 10.5 Å². The summed E-state index contributed by atoms with van der Waals surface area (Å²) in [5, 5.41) is 0. The Labute approximate surface area is 116 Å². The van der Waals surface area contributed by atoms with Crippen molar-refractivity contribution in [3.8, 4) is 5.75 Å². The maximum atomic E-state index is 6.49. The van der Waals surface area contributed by atoms with Crippen LogP contribution in [0.2, 0.25) is 0 Å². The van der Waals surface area contributed by atoms with Crippen molar-refractivity contribution in [1.29, 1.82) is 0 Å². The number of nitrogens with two attached hydrogens (primary N) is 1. The Morgan fingerprint density at radius 1 is 1.16 bits per heavy atom. The van der Waals surface area contributed by atoms with Gasteiger partial charge in [-0.15, -0.1) is 0 Å². The van der Waals surface area contributed by atoms with Crippen LogP contribution in [0.5, 0.6) is 5.75 Å². The first kappa shape index (κ1) is 14.1. The van der Waals surface area contributed by atoms with Gasteiger partial charge in [-0.3, -0.25) is 0 Å². The molecule has 0 aliphatic heterocycles. The highest BCUT2D eigenvalue weighted by atomic mass is 16.5. The number of hydrogen-bond acceptors (Lipinski definition) is 2. The van der Waals surface area contributed by atoms with Gasteiger partial charge in [0.05, 0.1) is 13.2 Å². The monoisotopic (exact) mass is 259 g/mol. The van der Waals surface area contributed by atoms with Crippen LogP contribution in [0.4, 0.5) is 0 Å². The molecule has 2 nitrogen and oxygen atoms in total. The zero-order chi connectivity index (χ0) is 13.7. The molecule has 2 heteroatoms. The fraction of sp³-hybridized carbons (Fsp3) is 0.529. The molecule has 1 aliphatic rings. The van der Waals surface area contributed by atoms with Gasteiger partial charge in [0.2, 0.25) is 0 Å². The second-order valence-corrected chi connectivity index (χ2v) is 5.46. The van der Waals surface area contributed by atoms with Gasteiger partial charge in [-0.25, -0.2) is 0 Å². The Morgan fingerprint density at radius 2 is 1.95 bits per heavy atom. The number of aryl methyl sites for hydroxylation is 1. The summed E-state index contributed by atoms with van der Waals surface area (Å²) in [6, 6.07) is 6.23. The fourth-order valence-corrected chi connectivity index (χ4v) is 2.80. The summed E-state index contributed by atoms with van der Waals surface area (Å²) < 4.78 is 5.46. The molecule has 0 aromatic heterocycles. The molecular weight excluding hydrogens is 234 g/mol. The van der Waals surface area contributed by atoms with Gasteiger partial charge in [0.1, 0.15) is 5.75 Å². The van der Waals surface area contributed by atoms with Crippen molar-refractivity contribution in [3.05, 3.63) is 41.0 Å². The average molecular weight is 259 g/mol. The van der Waals surface area contributed by atoms with E-state index in [1.165, 1.54) is 36.8 Å². The molecule has 0 amide bonds. The van der Waals surface area contributed by atoms with Crippen molar-refractivity contribution in [2.45, 2.75) is 51.5 Å². The molecule has 0 spiro atoms. The highest BCUT2D eigenvalue weighted by molar-refractivity contribution is 5.42. The van der Waals surface area contributed by atoms with Gasteiger partial charge < -0.3 is 10.5 Å². The predicted octanol–water partition coefficient (Wildman–Crippen LogP) is 4.28. The van der Waals surface area contributed by atoms with Crippen LogP contribution in [-0.4, -0.2) is 7.11 Å². The number of hydrogen-bond donors (Lipinski definition) is 1. The second-order valence-electron chi connectivity index (χ2n) is 5.46. The molecule has 104 valence electrons. The Balaban J connectivity index is 2.26. The Morgan fingerprint density at radius 3 is 2.74 bits per heavy atom. The molecule has 1 aliphatic carbocycles. The van der Waals surface area contributed by atoms with E-state index in [4.69, 9.17) is 10.5 Å². The zero-order valence-corrected chi connectivity index (χ0v) is 12.1. The van der Waals surface area contributed by atoms with Crippen LogP contribution in [0.15, 0.2) is 29.8 Å². The number of methoxy groups -OCH3 is 1. The third-order valence-electron chi connectivity index (χ3n) is 3.95. The van der Waals surface area contributed by atoms with Crippen molar-refractivity contribution in [2.24, 2.45) is 5.73 Å². The molecule has 19 heavy (non-hydrogen) atoms. The van der Waals surface area contributed by atoms with Crippen molar-refractivity contribution in [2.75, 3.05) is 7.11 Å². The normalized spacial score (nSPS) is 20.9. The van der Waals surface area contributed by atoms with E-state index in [1.54, 1.807) is 7.11 Å². The molecule has 2 rings (SSSR count). The van der Waals surface area contributed by atoms with Gasteiger partial charge in [-0.1, -0.05) is 42.2 Å². The minimum absolute atomic E-state index is 0.0204. The lowest BCUT2D eigenvalue weighted by Crippen LogP contribution is -2.15. The highest BCUT2D eigenvalue weighted by Gasteiger charge is 2.17. The maximum Gasteiger partial charge on any atom is 0.123 e. The predicted molar refractivity (Wildman–Crippen MR) is 80.4 cm³/mol. The molecule has 1 aromatic carbocycles. The summed E-state index contributed by atoms with van der Waals surface area (Å²) in [4.78, 5) is 0. The molecule has 1 aromatic rings. The lowest BCUT2D eigenvalue weighted by Gasteiger charge is -2.21. The van der Waals surface area contributed by atoms with E-state index >= 15 is 0 Å². The average Bonchev–Trinajstić information content (AvgIpc) is 2.37. The molecule has 0 bridgehead atoms. The van der Waals surface area contributed by atoms with Crippen LogP contribution in [0, 0.1) is 6.92 Å². The van der Waals surface area contributed by atoms with E-state index in [2.05, 4.69) is 25.1 Å². The van der Waals surface area contributed by atoms with Gasteiger partial charge in [0.15, 0.2) is 0 Å². The lowest BCUT2D eigenvalue weighted by molar-refractivity contribution is 0.407. The quantitative estimate of drug-likeness (QED) is 0.822. The molecular formula is C17H25NO. The lowest BCUT2D eigenvalue weighted by atomic mass is 9.90. The minimum Gasteiger partial charge on any atom is -0.496 e. The molecule has 0 saturated heterocycles. The topological polar surface area (TPSA) is 35.2 Å². The molecule has 0 radical (unpaired) electrons. The smallest absolute Gasteiger partial charge is 0.123 e. The minimum atomic E-state index is -0.0204. The third kappa shape index (κ3) is 3.60. The van der Waals surface area contributed by atoms with Crippen LogP contribution in [0.25, 0.3) is 0 Å². The summed E-state index contributed by atoms with van der Waals surface area (Å²) in [5.74, 6) is 0.904. The highest BCUT2D eigenvalue weighted by Crippen LogP contribution is 2.32. The third-order valence-corrected chi connectivity index (χ3v) is 3.95. The van der Waals surface area contributed by atoms with Gasteiger partial charge in [0, 0.05) is 5.56 Å². The number of ether oxygens (including phenoxy) is 1. The van der Waals surface area contributed by atoms with Gasteiger partial charge in [-0.2, -0.15) is 0 Å². The van der Waals surface area contributed by atoms with Gasteiger partial charge >= 0.3 is 0 Å². The summed E-state index contributed by atoms with van der Waals surface area (Å²) in [7, 11) is 1.72. The largest absolute Gasteiger partial charge is 0.496 e. The van der Waals surface area contributed by atoms with E-state index < -0.39 is 0 Å². The van der Waals surface area contributed by atoms with E-state index in [0.29, 0.717) is 0 Å². The number of allylic oxidation sites excluding steroid dienone is 1. The molecule has 1 atom stereocenters.